The van der Waals surface area contributed by atoms with E-state index in [1.807, 2.05) is 48.5 Å². The Bertz CT molecular complexity index is 1530. The number of nitrogens with two attached hydrogens (primary N) is 1. The fourth-order valence-electron chi connectivity index (χ4n) is 4.50. The number of carbonyl (C=O) groups excluding carboxylic acids is 3. The highest BCUT2D eigenvalue weighted by molar-refractivity contribution is 5.94. The Hall–Kier alpha value is -4.68. The second-order valence-electron chi connectivity index (χ2n) is 9.61. The zero-order valence-electron chi connectivity index (χ0n) is 21.8. The molecule has 0 saturated heterocycles. The van der Waals surface area contributed by atoms with Crippen LogP contribution < -0.4 is 21.7 Å². The van der Waals surface area contributed by atoms with Crippen molar-refractivity contribution in [3.8, 4) is 0 Å². The summed E-state index contributed by atoms with van der Waals surface area (Å²) in [6.07, 6.45) is 3.67. The predicted molar refractivity (Wildman–Crippen MR) is 148 cm³/mol. The minimum Gasteiger partial charge on any atom is -0.480 e. The van der Waals surface area contributed by atoms with Gasteiger partial charge in [0.1, 0.15) is 18.1 Å². The maximum Gasteiger partial charge on any atom is 0.326 e. The number of para-hydroxylation sites is 2. The average molecular weight is 549 g/mol. The zero-order valence-corrected chi connectivity index (χ0v) is 21.8. The second-order valence-corrected chi connectivity index (χ2v) is 9.61. The first kappa shape index (κ1) is 28.3. The van der Waals surface area contributed by atoms with E-state index in [2.05, 4.69) is 25.9 Å². The van der Waals surface area contributed by atoms with Crippen molar-refractivity contribution in [2.24, 2.45) is 5.73 Å². The number of aromatic amines is 2. The van der Waals surface area contributed by atoms with Gasteiger partial charge in [-0.2, -0.15) is 0 Å². The molecule has 0 saturated carbocycles. The smallest absolute Gasteiger partial charge is 0.326 e. The number of aliphatic carboxylic acids is 1. The molecule has 0 fully saturated rings. The lowest BCUT2D eigenvalue weighted by Gasteiger charge is -2.22. The van der Waals surface area contributed by atoms with Gasteiger partial charge in [-0.1, -0.05) is 36.4 Å². The van der Waals surface area contributed by atoms with Gasteiger partial charge in [-0.3, -0.25) is 14.4 Å². The van der Waals surface area contributed by atoms with Crippen LogP contribution in [0.1, 0.15) is 18.1 Å². The molecule has 0 spiro atoms. The lowest BCUT2D eigenvalue weighted by atomic mass is 10.0. The topological polar surface area (TPSA) is 202 Å². The molecule has 210 valence electrons. The summed E-state index contributed by atoms with van der Waals surface area (Å²) in [4.78, 5) is 56.2. The molecule has 0 aliphatic carbocycles. The van der Waals surface area contributed by atoms with Gasteiger partial charge in [0.25, 0.3) is 0 Å². The van der Waals surface area contributed by atoms with Gasteiger partial charge in [-0.25, -0.2) is 4.79 Å². The molecule has 2 aromatic heterocycles. The van der Waals surface area contributed by atoms with Crippen LogP contribution >= 0.6 is 0 Å². The first-order valence-corrected chi connectivity index (χ1v) is 12.8. The lowest BCUT2D eigenvalue weighted by molar-refractivity contribution is -0.142. The van der Waals surface area contributed by atoms with Crippen molar-refractivity contribution in [3.05, 3.63) is 72.1 Å². The molecule has 3 amide bonds. The third-order valence-corrected chi connectivity index (χ3v) is 6.73. The minimum absolute atomic E-state index is 0.0232. The highest BCUT2D eigenvalue weighted by Crippen LogP contribution is 2.20. The number of rotatable bonds is 12. The molecular weight excluding hydrogens is 516 g/mol. The normalized spacial score (nSPS) is 14.3. The van der Waals surface area contributed by atoms with Crippen molar-refractivity contribution in [1.29, 1.82) is 0 Å². The summed E-state index contributed by atoms with van der Waals surface area (Å²) in [6.45, 7) is 0.640. The van der Waals surface area contributed by atoms with Crippen molar-refractivity contribution >= 4 is 45.5 Å². The second kappa shape index (κ2) is 12.5. The number of carboxylic acids is 1. The minimum atomic E-state index is -1.36. The maximum atomic E-state index is 12.7. The van der Waals surface area contributed by atoms with E-state index in [9.17, 15) is 29.4 Å². The van der Waals surface area contributed by atoms with E-state index >= 15 is 0 Å². The predicted octanol–water partition coefficient (Wildman–Crippen LogP) is 0.313. The van der Waals surface area contributed by atoms with Gasteiger partial charge >= 0.3 is 5.97 Å². The van der Waals surface area contributed by atoms with Gasteiger partial charge < -0.3 is 41.9 Å². The third kappa shape index (κ3) is 6.47. The highest BCUT2D eigenvalue weighted by Gasteiger charge is 2.28. The largest absolute Gasteiger partial charge is 0.480 e. The van der Waals surface area contributed by atoms with E-state index < -0.39 is 54.5 Å². The molecule has 40 heavy (non-hydrogen) atoms. The van der Waals surface area contributed by atoms with E-state index in [0.717, 1.165) is 27.4 Å². The fraction of sp³-hybridized carbons (Fsp3) is 0.286. The van der Waals surface area contributed by atoms with Crippen LogP contribution in [-0.2, 0) is 32.0 Å². The number of H-pyrrole nitrogens is 2. The van der Waals surface area contributed by atoms with Crippen LogP contribution in [0.2, 0.25) is 0 Å². The van der Waals surface area contributed by atoms with E-state index in [1.165, 1.54) is 6.92 Å². The number of fused-ring (bicyclic) bond motifs is 2. The number of amides is 3. The molecule has 4 rings (SSSR count). The molecule has 0 aliphatic heterocycles. The van der Waals surface area contributed by atoms with Crippen LogP contribution in [0.3, 0.4) is 0 Å². The molecule has 12 nitrogen and oxygen atoms in total. The quantitative estimate of drug-likeness (QED) is 0.124. The van der Waals surface area contributed by atoms with E-state index in [4.69, 9.17) is 5.73 Å². The fourth-order valence-corrected chi connectivity index (χ4v) is 4.50. The number of carbonyl (C=O) groups is 4. The van der Waals surface area contributed by atoms with Crippen LogP contribution in [0.5, 0.6) is 0 Å². The van der Waals surface area contributed by atoms with Gasteiger partial charge in [0.2, 0.25) is 17.7 Å². The number of hydrogen-bond acceptors (Lipinski definition) is 6. The highest BCUT2D eigenvalue weighted by atomic mass is 16.4. The van der Waals surface area contributed by atoms with Crippen LogP contribution in [0.25, 0.3) is 21.8 Å². The standard InChI is InChI=1S/C28H32N6O6/c1-15(25(36)33-23(28(39)40)11-17-13-31-22-9-5-3-7-19(17)22)32-27(38)24(14-35)34-26(37)20(29)10-16-12-30-21-8-4-2-6-18(16)21/h2-9,12-13,15,20,23-24,30-31,35H,10-11,14,29H2,1H3,(H,32,38)(H,33,36)(H,34,37)(H,39,40). The van der Waals surface area contributed by atoms with Crippen molar-refractivity contribution in [2.45, 2.75) is 43.9 Å². The molecule has 2 aromatic carbocycles. The van der Waals surface area contributed by atoms with E-state index in [0.29, 0.717) is 5.56 Å². The first-order chi connectivity index (χ1) is 19.2. The SMILES string of the molecule is CC(NC(=O)C(CO)NC(=O)C(N)Cc1c[nH]c2ccccc12)C(=O)NC(Cc1c[nH]c2ccccc12)C(=O)O. The van der Waals surface area contributed by atoms with Crippen LogP contribution in [0.15, 0.2) is 60.9 Å². The molecule has 0 radical (unpaired) electrons. The maximum absolute atomic E-state index is 12.7. The van der Waals surface area contributed by atoms with E-state index in [1.54, 1.807) is 12.4 Å². The molecule has 0 bridgehead atoms. The van der Waals surface area contributed by atoms with Gasteiger partial charge in [0.15, 0.2) is 0 Å². The number of nitrogens with one attached hydrogen (secondary N) is 5. The molecular formula is C28H32N6O6. The molecule has 0 aliphatic rings. The Kier molecular flexibility index (Phi) is 8.82. The molecule has 4 unspecified atom stereocenters. The number of hydrogen-bond donors (Lipinski definition) is 8. The molecule has 9 N–H and O–H groups in total. The summed E-state index contributed by atoms with van der Waals surface area (Å²) in [5.74, 6) is -3.44. The molecule has 12 heteroatoms. The third-order valence-electron chi connectivity index (χ3n) is 6.73. The van der Waals surface area contributed by atoms with Gasteiger partial charge in [0.05, 0.1) is 12.6 Å². The van der Waals surface area contributed by atoms with Gasteiger partial charge in [-0.05, 0) is 36.6 Å². The summed E-state index contributed by atoms with van der Waals surface area (Å²) < 4.78 is 0. The number of benzene rings is 2. The molecule has 4 aromatic rings. The number of aliphatic hydroxyl groups is 1. The summed E-state index contributed by atoms with van der Waals surface area (Å²) in [5.41, 5.74) is 9.35. The zero-order chi connectivity index (χ0) is 28.8. The van der Waals surface area contributed by atoms with Crippen molar-refractivity contribution in [1.82, 2.24) is 25.9 Å². The number of aromatic nitrogens is 2. The Labute approximate surface area is 229 Å². The van der Waals surface area contributed by atoms with Gasteiger partial charge in [-0.15, -0.1) is 0 Å². The van der Waals surface area contributed by atoms with Crippen LogP contribution in [0.4, 0.5) is 0 Å². The van der Waals surface area contributed by atoms with Crippen LogP contribution in [0, 0.1) is 0 Å². The number of carboxylic acid groups (broad SMARTS) is 1. The summed E-state index contributed by atoms with van der Waals surface area (Å²) in [7, 11) is 0. The van der Waals surface area contributed by atoms with E-state index in [-0.39, 0.29) is 12.8 Å². The Morgan fingerprint density at radius 1 is 0.775 bits per heavy atom. The van der Waals surface area contributed by atoms with Crippen molar-refractivity contribution in [2.75, 3.05) is 6.61 Å². The monoisotopic (exact) mass is 548 g/mol. The summed E-state index contributed by atoms with van der Waals surface area (Å²) >= 11 is 0. The Morgan fingerprint density at radius 2 is 1.30 bits per heavy atom. The first-order valence-electron chi connectivity index (χ1n) is 12.8. The Balaban J connectivity index is 1.32. The van der Waals surface area contributed by atoms with Crippen molar-refractivity contribution in [3.63, 3.8) is 0 Å². The number of aliphatic hydroxyl groups excluding tert-OH is 1. The van der Waals surface area contributed by atoms with Crippen molar-refractivity contribution < 1.29 is 29.4 Å². The molecule has 4 atom stereocenters. The summed E-state index contributed by atoms with van der Waals surface area (Å²) in [5, 5.41) is 28.4. The average Bonchev–Trinajstić information content (AvgIpc) is 3.55. The van der Waals surface area contributed by atoms with Gasteiger partial charge in [0, 0.05) is 40.6 Å². The van der Waals surface area contributed by atoms with Crippen LogP contribution in [-0.4, -0.2) is 74.6 Å². The molecule has 2 heterocycles. The lowest BCUT2D eigenvalue weighted by Crippen LogP contribution is -2.57. The Morgan fingerprint density at radius 3 is 1.85 bits per heavy atom. The summed E-state index contributed by atoms with van der Waals surface area (Å²) in [6, 6.07) is 10.2.